The van der Waals surface area contributed by atoms with Crippen LogP contribution in [0.25, 0.3) is 10.4 Å². The van der Waals surface area contributed by atoms with Crippen molar-refractivity contribution in [3.05, 3.63) is 73.4 Å². The molecule has 0 unspecified atom stereocenters. The number of halogens is 2. The summed E-state index contributed by atoms with van der Waals surface area (Å²) in [6.45, 7) is 1.47. The van der Waals surface area contributed by atoms with E-state index in [1.165, 1.54) is 7.11 Å². The van der Waals surface area contributed by atoms with Gasteiger partial charge in [0.05, 0.1) is 25.8 Å². The van der Waals surface area contributed by atoms with Gasteiger partial charge in [-0.25, -0.2) is 9.59 Å². The molecule has 1 aromatic carbocycles. The molecular weight excluding hydrogens is 460 g/mol. The molecule has 0 spiro atoms. The lowest BCUT2D eigenvalue weighted by molar-refractivity contribution is -0.273. The first-order valence-corrected chi connectivity index (χ1v) is 10.1. The van der Waals surface area contributed by atoms with E-state index in [0.29, 0.717) is 11.3 Å². The highest BCUT2D eigenvalue weighted by atomic mass is 19.3. The smallest absolute Gasteiger partial charge is 0.456 e. The molecule has 0 saturated carbocycles. The lowest BCUT2D eigenvalue weighted by atomic mass is 10.1. The van der Waals surface area contributed by atoms with Crippen molar-refractivity contribution in [2.24, 2.45) is 5.11 Å². The highest BCUT2D eigenvalue weighted by molar-refractivity contribution is 5.73. The second-order valence-corrected chi connectivity index (χ2v) is 7.35. The average Bonchev–Trinajstić information content (AvgIpc) is 3.13. The molecule has 34 heavy (non-hydrogen) atoms. The molecule has 0 aliphatic carbocycles. The molecule has 0 amide bonds. The van der Waals surface area contributed by atoms with E-state index in [-0.39, 0.29) is 13.0 Å². The van der Waals surface area contributed by atoms with E-state index < -0.39 is 47.8 Å². The van der Waals surface area contributed by atoms with Gasteiger partial charge in [0, 0.05) is 17.2 Å². The highest BCUT2D eigenvalue weighted by Crippen LogP contribution is 2.37. The van der Waals surface area contributed by atoms with Crippen LogP contribution >= 0.6 is 0 Å². The number of carboxylic acid groups (broad SMARTS) is 1. The number of rotatable bonds is 9. The molecule has 2 heterocycles. The van der Waals surface area contributed by atoms with Crippen LogP contribution in [0.1, 0.15) is 25.1 Å². The van der Waals surface area contributed by atoms with Gasteiger partial charge in [-0.05, 0) is 29.6 Å². The number of aromatic nitrogens is 2. The Kier molecular flexibility index (Phi) is 7.35. The molecule has 1 fully saturated rings. The summed E-state index contributed by atoms with van der Waals surface area (Å²) >= 11 is 0. The lowest BCUT2D eigenvalue weighted by Crippen LogP contribution is -2.46. The van der Waals surface area contributed by atoms with Crippen molar-refractivity contribution in [3.8, 4) is 5.75 Å². The first kappa shape index (κ1) is 24.9. The van der Waals surface area contributed by atoms with Gasteiger partial charge in [0.2, 0.25) is 0 Å². The molecule has 2 aromatic rings. The van der Waals surface area contributed by atoms with Gasteiger partial charge >= 0.3 is 17.8 Å². The quantitative estimate of drug-likeness (QED) is 0.326. The summed E-state index contributed by atoms with van der Waals surface area (Å²) in [6.07, 6.45) is -7.83. The van der Waals surface area contributed by atoms with Gasteiger partial charge in [0.25, 0.3) is 5.56 Å². The number of hydrogen-bond acceptors (Lipinski definition) is 7. The van der Waals surface area contributed by atoms with Crippen LogP contribution in [0.15, 0.2) is 51.2 Å². The maximum absolute atomic E-state index is 14.0. The first-order chi connectivity index (χ1) is 16.1. The molecule has 12 nitrogen and oxygen atoms in total. The van der Waals surface area contributed by atoms with Gasteiger partial charge in [0.1, 0.15) is 11.9 Å². The van der Waals surface area contributed by atoms with Crippen molar-refractivity contribution in [3.63, 3.8) is 0 Å². The Bertz CT molecular complexity index is 1210. The Morgan fingerprint density at radius 1 is 1.29 bits per heavy atom. The fourth-order valence-corrected chi connectivity index (χ4v) is 3.61. The Balaban J connectivity index is 2.05. The lowest BCUT2D eigenvalue weighted by Gasteiger charge is -2.25. The van der Waals surface area contributed by atoms with Crippen LogP contribution in [0.2, 0.25) is 0 Å². The third-order valence-corrected chi connectivity index (χ3v) is 5.30. The second kappa shape index (κ2) is 10.0. The van der Waals surface area contributed by atoms with E-state index in [0.717, 1.165) is 21.4 Å². The first-order valence-electron chi connectivity index (χ1n) is 10.1. The molecule has 1 aromatic heterocycles. The number of carboxylic acids is 1. The third kappa shape index (κ3) is 4.93. The number of hydrogen-bond donors (Lipinski definition) is 1. The summed E-state index contributed by atoms with van der Waals surface area (Å²) in [5.74, 6) is -2.00. The van der Waals surface area contributed by atoms with Gasteiger partial charge in [-0.15, -0.1) is 0 Å². The zero-order chi connectivity index (χ0) is 25.0. The van der Waals surface area contributed by atoms with Crippen molar-refractivity contribution >= 4 is 5.97 Å². The van der Waals surface area contributed by atoms with Crippen LogP contribution in [0, 0.1) is 0 Å². The number of carbonyl (C=O) groups is 1. The summed E-state index contributed by atoms with van der Waals surface area (Å²) in [7, 11) is 1.48. The topological polar surface area (TPSA) is 158 Å². The Morgan fingerprint density at radius 3 is 2.53 bits per heavy atom. The Labute approximate surface area is 190 Å². The molecule has 1 N–H and O–H groups in total. The number of ether oxygens (including phenoxy) is 3. The van der Waals surface area contributed by atoms with Crippen molar-refractivity contribution in [2.75, 3.05) is 7.11 Å². The third-order valence-electron chi connectivity index (χ3n) is 5.30. The zero-order valence-electron chi connectivity index (χ0n) is 18.1. The van der Waals surface area contributed by atoms with Gasteiger partial charge in [-0.3, -0.25) is 13.9 Å². The van der Waals surface area contributed by atoms with E-state index in [2.05, 4.69) is 14.8 Å². The van der Waals surface area contributed by atoms with Crippen LogP contribution in [0.3, 0.4) is 0 Å². The van der Waals surface area contributed by atoms with Crippen molar-refractivity contribution < 1.29 is 32.9 Å². The summed E-state index contributed by atoms with van der Waals surface area (Å²) < 4.78 is 44.9. The maximum atomic E-state index is 14.0. The van der Waals surface area contributed by atoms with Gasteiger partial charge in [0.15, 0.2) is 6.23 Å². The van der Waals surface area contributed by atoms with Crippen LogP contribution in [-0.2, 0) is 20.8 Å². The number of aliphatic carboxylic acids is 1. The summed E-state index contributed by atoms with van der Waals surface area (Å²) in [4.78, 5) is 39.1. The number of alkyl halides is 2. The number of azide groups is 1. The van der Waals surface area contributed by atoms with Gasteiger partial charge in [-0.2, -0.15) is 8.78 Å². The van der Waals surface area contributed by atoms with E-state index in [1.54, 1.807) is 31.2 Å². The molecule has 0 bridgehead atoms. The molecule has 14 heteroatoms. The molecule has 1 saturated heterocycles. The van der Waals surface area contributed by atoms with E-state index in [1.807, 2.05) is 0 Å². The number of nitrogens with zero attached hydrogens (tertiary/aromatic N) is 5. The van der Waals surface area contributed by atoms with Crippen LogP contribution in [0.5, 0.6) is 5.75 Å². The predicted molar refractivity (Wildman–Crippen MR) is 112 cm³/mol. The number of benzene rings is 1. The normalized spacial score (nSPS) is 22.2. The molecule has 4 atom stereocenters. The van der Waals surface area contributed by atoms with Crippen LogP contribution in [0.4, 0.5) is 8.78 Å². The average molecular weight is 481 g/mol. The second-order valence-electron chi connectivity index (χ2n) is 7.35. The SMILES string of the molecule is CC[C@H]1O[C@@H](n2ccc(=O)n(Cc3ccc(OC)cc3)c2=O)[C@H](OC(F)(F)C(=O)O)[C@@H]1N=[N+]=[N-]. The molecule has 0 radical (unpaired) electrons. The van der Waals surface area contributed by atoms with Crippen molar-refractivity contribution in [1.29, 1.82) is 0 Å². The summed E-state index contributed by atoms with van der Waals surface area (Å²) in [6, 6.07) is 6.21. The largest absolute Gasteiger partial charge is 0.497 e. The summed E-state index contributed by atoms with van der Waals surface area (Å²) in [5.41, 5.74) is 7.87. The minimum absolute atomic E-state index is 0.150. The van der Waals surface area contributed by atoms with Crippen LogP contribution in [-0.4, -0.2) is 51.7 Å². The predicted octanol–water partition coefficient (Wildman–Crippen LogP) is 2.12. The molecule has 1 aliphatic heterocycles. The molecule has 1 aliphatic rings. The molecule has 3 rings (SSSR count). The maximum Gasteiger partial charge on any atom is 0.456 e. The monoisotopic (exact) mass is 481 g/mol. The standard InChI is InChI=1S/C20H21F2N5O7/c1-3-13-15(24-25-23)16(34-20(21,22)18(29)30)17(33-13)26-9-8-14(28)27(19(26)31)10-11-4-6-12(32-2)7-5-11/h4-9,13,15-17H,3,10H2,1-2H3,(H,29,30)/t13-,15-,16-,17-/m1/s1. The fraction of sp³-hybridized carbons (Fsp3) is 0.450. The van der Waals surface area contributed by atoms with Gasteiger partial charge in [-0.1, -0.05) is 24.2 Å². The molecule has 182 valence electrons. The van der Waals surface area contributed by atoms with Gasteiger partial charge < -0.3 is 19.3 Å². The Hall–Kier alpha value is -3.74. The Morgan fingerprint density at radius 2 is 1.97 bits per heavy atom. The van der Waals surface area contributed by atoms with E-state index >= 15 is 0 Å². The minimum Gasteiger partial charge on any atom is -0.497 e. The fourth-order valence-electron chi connectivity index (χ4n) is 3.61. The van der Waals surface area contributed by atoms with E-state index in [9.17, 15) is 23.2 Å². The summed E-state index contributed by atoms with van der Waals surface area (Å²) in [5, 5.41) is 12.2. The van der Waals surface area contributed by atoms with Crippen LogP contribution < -0.4 is 16.0 Å². The highest BCUT2D eigenvalue weighted by Gasteiger charge is 2.53. The van der Waals surface area contributed by atoms with E-state index in [4.69, 9.17) is 20.1 Å². The van der Waals surface area contributed by atoms with Crippen molar-refractivity contribution in [2.45, 2.75) is 50.5 Å². The number of methoxy groups -OCH3 is 1. The molecular formula is C20H21F2N5O7. The van der Waals surface area contributed by atoms with Crippen molar-refractivity contribution in [1.82, 2.24) is 9.13 Å². The zero-order valence-corrected chi connectivity index (χ0v) is 18.1. The minimum atomic E-state index is -4.65.